The Morgan fingerprint density at radius 1 is 1.35 bits per heavy atom. The van der Waals surface area contributed by atoms with Gasteiger partial charge in [0, 0.05) is 25.8 Å². The van der Waals surface area contributed by atoms with E-state index in [2.05, 4.69) is 0 Å². The van der Waals surface area contributed by atoms with Crippen LogP contribution in [-0.2, 0) is 4.79 Å². The van der Waals surface area contributed by atoms with Crippen LogP contribution in [0.25, 0.3) is 0 Å². The number of carbonyl (C=O) groups is 1. The maximum Gasteiger partial charge on any atom is 0.226 e. The van der Waals surface area contributed by atoms with Gasteiger partial charge < -0.3 is 14.7 Å². The van der Waals surface area contributed by atoms with Crippen molar-refractivity contribution >= 4 is 11.6 Å². The fourth-order valence-electron chi connectivity index (χ4n) is 1.47. The maximum atomic E-state index is 11.7. The number of nitrogens with zero attached hydrogens (tertiary/aromatic N) is 1. The average Bonchev–Trinajstić information content (AvgIpc) is 2.36. The minimum Gasteiger partial charge on any atom is -0.494 e. The maximum absolute atomic E-state index is 11.7. The summed E-state index contributed by atoms with van der Waals surface area (Å²) in [7, 11) is 1.73. The summed E-state index contributed by atoms with van der Waals surface area (Å²) in [6.07, 6.45) is 0.862. The minimum atomic E-state index is 0.00297. The van der Waals surface area contributed by atoms with E-state index in [9.17, 15) is 4.79 Å². The monoisotopic (exact) mass is 237 g/mol. The van der Waals surface area contributed by atoms with Crippen LogP contribution in [0.15, 0.2) is 24.3 Å². The molecule has 0 radical (unpaired) electrons. The van der Waals surface area contributed by atoms with E-state index in [-0.39, 0.29) is 12.5 Å². The highest BCUT2D eigenvalue weighted by molar-refractivity contribution is 5.92. The molecule has 0 aliphatic heterocycles. The summed E-state index contributed by atoms with van der Waals surface area (Å²) in [6.45, 7) is 2.60. The molecular formula is C13H19NO3. The summed E-state index contributed by atoms with van der Waals surface area (Å²) in [6, 6.07) is 7.38. The molecule has 1 aromatic carbocycles. The van der Waals surface area contributed by atoms with Gasteiger partial charge in [0.15, 0.2) is 0 Å². The molecule has 0 aromatic heterocycles. The molecule has 0 spiro atoms. The molecule has 1 N–H and O–H groups in total. The number of aliphatic hydroxyl groups is 1. The van der Waals surface area contributed by atoms with Crippen molar-refractivity contribution in [1.82, 2.24) is 0 Å². The van der Waals surface area contributed by atoms with E-state index >= 15 is 0 Å². The van der Waals surface area contributed by atoms with Crippen LogP contribution in [0.1, 0.15) is 19.8 Å². The molecule has 0 saturated heterocycles. The van der Waals surface area contributed by atoms with Crippen molar-refractivity contribution in [3.8, 4) is 5.75 Å². The first-order valence-electron chi connectivity index (χ1n) is 5.79. The van der Waals surface area contributed by atoms with Crippen molar-refractivity contribution in [3.63, 3.8) is 0 Å². The highest BCUT2D eigenvalue weighted by Gasteiger charge is 2.10. The molecule has 0 atom stereocenters. The molecule has 0 fully saturated rings. The zero-order chi connectivity index (χ0) is 12.7. The van der Waals surface area contributed by atoms with Gasteiger partial charge in [-0.05, 0) is 37.6 Å². The van der Waals surface area contributed by atoms with Crippen LogP contribution < -0.4 is 9.64 Å². The number of rotatable bonds is 6. The largest absolute Gasteiger partial charge is 0.494 e. The summed E-state index contributed by atoms with van der Waals surface area (Å²) in [4.78, 5) is 13.3. The topological polar surface area (TPSA) is 49.8 Å². The second kappa shape index (κ2) is 6.91. The molecule has 0 aliphatic carbocycles. The molecule has 0 aliphatic rings. The van der Waals surface area contributed by atoms with Gasteiger partial charge in [0.1, 0.15) is 5.75 Å². The van der Waals surface area contributed by atoms with E-state index in [1.54, 1.807) is 11.9 Å². The third kappa shape index (κ3) is 4.07. The fraction of sp³-hybridized carbons (Fsp3) is 0.462. The third-order valence-corrected chi connectivity index (χ3v) is 2.46. The number of hydrogen-bond donors (Lipinski definition) is 1. The lowest BCUT2D eigenvalue weighted by molar-refractivity contribution is -0.118. The van der Waals surface area contributed by atoms with Crippen LogP contribution in [0.5, 0.6) is 5.75 Å². The molecule has 1 rings (SSSR count). The quantitative estimate of drug-likeness (QED) is 0.821. The number of ether oxygens (including phenoxy) is 1. The molecule has 0 saturated carbocycles. The van der Waals surface area contributed by atoms with Crippen molar-refractivity contribution in [2.45, 2.75) is 19.8 Å². The first kappa shape index (κ1) is 13.5. The lowest BCUT2D eigenvalue weighted by Crippen LogP contribution is -2.25. The SMILES string of the molecule is CCOc1ccc(N(C)C(=O)CCCO)cc1. The normalized spacial score (nSPS) is 10.1. The van der Waals surface area contributed by atoms with Crippen LogP contribution in [-0.4, -0.2) is 31.3 Å². The van der Waals surface area contributed by atoms with Crippen molar-refractivity contribution in [2.75, 3.05) is 25.2 Å². The molecule has 0 heterocycles. The summed E-state index contributed by atoms with van der Waals surface area (Å²) in [5.74, 6) is 0.802. The van der Waals surface area contributed by atoms with E-state index < -0.39 is 0 Å². The van der Waals surface area contributed by atoms with E-state index in [0.717, 1.165) is 11.4 Å². The van der Waals surface area contributed by atoms with E-state index in [4.69, 9.17) is 9.84 Å². The predicted octanol–water partition coefficient (Wildman–Crippen LogP) is 1.82. The fourth-order valence-corrected chi connectivity index (χ4v) is 1.47. The second-order valence-corrected chi connectivity index (χ2v) is 3.71. The minimum absolute atomic E-state index is 0.00297. The Labute approximate surface area is 102 Å². The summed E-state index contributed by atoms with van der Waals surface area (Å²) >= 11 is 0. The summed E-state index contributed by atoms with van der Waals surface area (Å²) < 4.78 is 5.33. The average molecular weight is 237 g/mol. The number of amides is 1. The number of anilines is 1. The zero-order valence-electron chi connectivity index (χ0n) is 10.3. The van der Waals surface area contributed by atoms with E-state index in [1.807, 2.05) is 31.2 Å². The molecule has 17 heavy (non-hydrogen) atoms. The Balaban J connectivity index is 2.62. The Kier molecular flexibility index (Phi) is 5.49. The lowest BCUT2D eigenvalue weighted by atomic mass is 10.2. The number of carbonyl (C=O) groups excluding carboxylic acids is 1. The first-order valence-corrected chi connectivity index (χ1v) is 5.79. The van der Waals surface area contributed by atoms with Gasteiger partial charge in [-0.3, -0.25) is 4.79 Å². The third-order valence-electron chi connectivity index (χ3n) is 2.46. The van der Waals surface area contributed by atoms with E-state index in [0.29, 0.717) is 19.4 Å². The molecular weight excluding hydrogens is 218 g/mol. The number of aliphatic hydroxyl groups excluding tert-OH is 1. The van der Waals surface area contributed by atoms with Gasteiger partial charge in [0.2, 0.25) is 5.91 Å². The molecule has 1 aromatic rings. The Morgan fingerprint density at radius 2 is 2.00 bits per heavy atom. The van der Waals surface area contributed by atoms with E-state index in [1.165, 1.54) is 0 Å². The van der Waals surface area contributed by atoms with Crippen molar-refractivity contribution in [3.05, 3.63) is 24.3 Å². The molecule has 94 valence electrons. The molecule has 4 nitrogen and oxygen atoms in total. The number of benzene rings is 1. The predicted molar refractivity (Wildman–Crippen MR) is 67.3 cm³/mol. The van der Waals surface area contributed by atoms with Crippen molar-refractivity contribution in [2.24, 2.45) is 0 Å². The zero-order valence-corrected chi connectivity index (χ0v) is 10.3. The molecule has 1 amide bonds. The van der Waals surface area contributed by atoms with Gasteiger partial charge in [0.05, 0.1) is 6.61 Å². The van der Waals surface area contributed by atoms with Crippen molar-refractivity contribution < 1.29 is 14.6 Å². The molecule has 4 heteroatoms. The molecule has 0 bridgehead atoms. The van der Waals surface area contributed by atoms with Gasteiger partial charge in [0.25, 0.3) is 0 Å². The van der Waals surface area contributed by atoms with Gasteiger partial charge in [-0.25, -0.2) is 0 Å². The Morgan fingerprint density at radius 3 is 2.53 bits per heavy atom. The first-order chi connectivity index (χ1) is 8.19. The lowest BCUT2D eigenvalue weighted by Gasteiger charge is -2.17. The number of hydrogen-bond acceptors (Lipinski definition) is 3. The van der Waals surface area contributed by atoms with Crippen LogP contribution in [0.3, 0.4) is 0 Å². The smallest absolute Gasteiger partial charge is 0.226 e. The van der Waals surface area contributed by atoms with Crippen molar-refractivity contribution in [1.29, 1.82) is 0 Å². The second-order valence-electron chi connectivity index (χ2n) is 3.71. The van der Waals surface area contributed by atoms with Gasteiger partial charge >= 0.3 is 0 Å². The summed E-state index contributed by atoms with van der Waals surface area (Å²) in [5.41, 5.74) is 0.830. The van der Waals surface area contributed by atoms with Gasteiger partial charge in [-0.15, -0.1) is 0 Å². The Hall–Kier alpha value is -1.55. The van der Waals surface area contributed by atoms with Crippen LogP contribution >= 0.6 is 0 Å². The van der Waals surface area contributed by atoms with Crippen LogP contribution in [0.2, 0.25) is 0 Å². The van der Waals surface area contributed by atoms with Crippen LogP contribution in [0, 0.1) is 0 Å². The molecule has 0 unspecified atom stereocenters. The highest BCUT2D eigenvalue weighted by Crippen LogP contribution is 2.19. The standard InChI is InChI=1S/C13H19NO3/c1-3-17-12-8-6-11(7-9-12)14(2)13(16)5-4-10-15/h6-9,15H,3-5,10H2,1-2H3. The highest BCUT2D eigenvalue weighted by atomic mass is 16.5. The van der Waals surface area contributed by atoms with Crippen LogP contribution in [0.4, 0.5) is 5.69 Å². The van der Waals surface area contributed by atoms with Gasteiger partial charge in [-0.1, -0.05) is 0 Å². The van der Waals surface area contributed by atoms with Gasteiger partial charge in [-0.2, -0.15) is 0 Å². The Bertz CT molecular complexity index is 348. The summed E-state index contributed by atoms with van der Waals surface area (Å²) in [5, 5.41) is 8.68.